The second-order valence-corrected chi connectivity index (χ2v) is 5.35. The largest absolute Gasteiger partial charge is 0.481 e. The van der Waals surface area contributed by atoms with Gasteiger partial charge in [-0.2, -0.15) is 0 Å². The first-order valence-corrected chi connectivity index (χ1v) is 7.19. The molecule has 3 rings (SSSR count). The van der Waals surface area contributed by atoms with Crippen molar-refractivity contribution in [2.45, 2.75) is 18.9 Å². The van der Waals surface area contributed by atoms with Gasteiger partial charge in [-0.25, -0.2) is 4.98 Å². The van der Waals surface area contributed by atoms with E-state index in [9.17, 15) is 9.59 Å². The predicted octanol–water partition coefficient (Wildman–Crippen LogP) is 1.86. The van der Waals surface area contributed by atoms with Crippen LogP contribution < -0.4 is 10.1 Å². The molecule has 1 fully saturated rings. The standard InChI is InChI=1S/C16H15N3O4/c20-15(19-12-6-11(7-12)16(21)22)10-2-1-3-13(8-10)23-14-9-17-4-5-18-14/h1-5,8-9,11-12H,6-7H2,(H,19,20)(H,21,22). The van der Waals surface area contributed by atoms with E-state index in [1.807, 2.05) is 0 Å². The van der Waals surface area contributed by atoms with Gasteiger partial charge in [0.25, 0.3) is 5.91 Å². The summed E-state index contributed by atoms with van der Waals surface area (Å²) in [5.74, 6) is -0.589. The fraction of sp³-hybridized carbons (Fsp3) is 0.250. The SMILES string of the molecule is O=C(NC1CC(C(=O)O)C1)c1cccc(Oc2cnccn2)c1. The van der Waals surface area contributed by atoms with Gasteiger partial charge in [-0.1, -0.05) is 6.07 Å². The Hall–Kier alpha value is -2.96. The number of hydrogen-bond donors (Lipinski definition) is 2. The molecule has 0 saturated heterocycles. The fourth-order valence-corrected chi connectivity index (χ4v) is 2.37. The van der Waals surface area contributed by atoms with E-state index in [1.165, 1.54) is 12.4 Å². The molecule has 2 aromatic rings. The zero-order valence-corrected chi connectivity index (χ0v) is 12.2. The van der Waals surface area contributed by atoms with Crippen molar-refractivity contribution in [1.29, 1.82) is 0 Å². The van der Waals surface area contributed by atoms with Gasteiger partial charge in [0.15, 0.2) is 0 Å². The molecule has 0 spiro atoms. The highest BCUT2D eigenvalue weighted by Crippen LogP contribution is 2.28. The van der Waals surface area contributed by atoms with Crippen molar-refractivity contribution >= 4 is 11.9 Å². The van der Waals surface area contributed by atoms with E-state index in [1.54, 1.807) is 30.5 Å². The molecule has 0 atom stereocenters. The molecule has 1 aromatic heterocycles. The molecule has 1 heterocycles. The number of carbonyl (C=O) groups excluding carboxylic acids is 1. The van der Waals surface area contributed by atoms with Crippen molar-refractivity contribution in [3.05, 3.63) is 48.4 Å². The number of nitrogens with zero attached hydrogens (tertiary/aromatic N) is 2. The lowest BCUT2D eigenvalue weighted by molar-refractivity contribution is -0.145. The van der Waals surface area contributed by atoms with Crippen LogP contribution in [-0.4, -0.2) is 33.0 Å². The number of benzene rings is 1. The molecule has 2 N–H and O–H groups in total. The monoisotopic (exact) mass is 313 g/mol. The number of carboxylic acids is 1. The summed E-state index contributed by atoms with van der Waals surface area (Å²) in [5, 5.41) is 11.7. The van der Waals surface area contributed by atoms with Crippen LogP contribution in [0.25, 0.3) is 0 Å². The van der Waals surface area contributed by atoms with Crippen LogP contribution in [0.4, 0.5) is 0 Å². The molecule has 1 aliphatic rings. The number of carbonyl (C=O) groups is 2. The van der Waals surface area contributed by atoms with Crippen molar-refractivity contribution in [2.75, 3.05) is 0 Å². The highest BCUT2D eigenvalue weighted by atomic mass is 16.5. The Morgan fingerprint density at radius 2 is 2.09 bits per heavy atom. The molecule has 0 aliphatic heterocycles. The zero-order chi connectivity index (χ0) is 16.2. The van der Waals surface area contributed by atoms with Gasteiger partial charge >= 0.3 is 5.97 Å². The van der Waals surface area contributed by atoms with E-state index < -0.39 is 5.97 Å². The first kappa shape index (κ1) is 15.0. The summed E-state index contributed by atoms with van der Waals surface area (Å²) in [4.78, 5) is 30.9. The molecular formula is C16H15N3O4. The van der Waals surface area contributed by atoms with Gasteiger partial charge in [0, 0.05) is 24.0 Å². The van der Waals surface area contributed by atoms with Crippen molar-refractivity contribution < 1.29 is 19.4 Å². The lowest BCUT2D eigenvalue weighted by Gasteiger charge is -2.32. The maximum atomic E-state index is 12.2. The van der Waals surface area contributed by atoms with Crippen molar-refractivity contribution in [2.24, 2.45) is 5.92 Å². The summed E-state index contributed by atoms with van der Waals surface area (Å²) < 4.78 is 5.53. The Morgan fingerprint density at radius 1 is 1.26 bits per heavy atom. The van der Waals surface area contributed by atoms with Crippen molar-refractivity contribution in [3.63, 3.8) is 0 Å². The molecule has 7 nitrogen and oxygen atoms in total. The van der Waals surface area contributed by atoms with E-state index in [4.69, 9.17) is 9.84 Å². The van der Waals surface area contributed by atoms with Crippen LogP contribution in [0.5, 0.6) is 11.6 Å². The molecular weight excluding hydrogens is 298 g/mol. The molecule has 23 heavy (non-hydrogen) atoms. The van der Waals surface area contributed by atoms with Gasteiger partial charge in [-0.3, -0.25) is 14.6 Å². The molecule has 0 radical (unpaired) electrons. The Kier molecular flexibility index (Phi) is 4.18. The van der Waals surface area contributed by atoms with Crippen LogP contribution in [-0.2, 0) is 4.79 Å². The zero-order valence-electron chi connectivity index (χ0n) is 12.2. The first-order valence-electron chi connectivity index (χ1n) is 7.19. The van der Waals surface area contributed by atoms with E-state index >= 15 is 0 Å². The fourth-order valence-electron chi connectivity index (χ4n) is 2.37. The Labute approximate surface area is 132 Å². The molecule has 1 saturated carbocycles. The van der Waals surface area contributed by atoms with Crippen LogP contribution in [0.2, 0.25) is 0 Å². The highest BCUT2D eigenvalue weighted by molar-refractivity contribution is 5.95. The number of aliphatic carboxylic acids is 1. The summed E-state index contributed by atoms with van der Waals surface area (Å²) in [5.41, 5.74) is 0.449. The summed E-state index contributed by atoms with van der Waals surface area (Å²) >= 11 is 0. The van der Waals surface area contributed by atoms with Crippen molar-refractivity contribution in [3.8, 4) is 11.6 Å². The average molecular weight is 313 g/mol. The number of carboxylic acid groups (broad SMARTS) is 1. The lowest BCUT2D eigenvalue weighted by Crippen LogP contribution is -2.46. The van der Waals surface area contributed by atoms with Crippen LogP contribution in [0, 0.1) is 5.92 Å². The van der Waals surface area contributed by atoms with Gasteiger partial charge in [-0.05, 0) is 31.0 Å². The topological polar surface area (TPSA) is 101 Å². The molecule has 1 aliphatic carbocycles. The normalized spacial score (nSPS) is 19.5. The predicted molar refractivity (Wildman–Crippen MR) is 80.2 cm³/mol. The molecule has 118 valence electrons. The third kappa shape index (κ3) is 3.63. The maximum Gasteiger partial charge on any atom is 0.306 e. The van der Waals surface area contributed by atoms with Crippen LogP contribution in [0.15, 0.2) is 42.9 Å². The summed E-state index contributed by atoms with van der Waals surface area (Å²) in [6.07, 6.45) is 5.47. The van der Waals surface area contributed by atoms with Gasteiger partial charge in [-0.15, -0.1) is 0 Å². The summed E-state index contributed by atoms with van der Waals surface area (Å²) in [6.45, 7) is 0. The van der Waals surface area contributed by atoms with Gasteiger partial charge < -0.3 is 15.2 Å². The Bertz CT molecular complexity index is 714. The summed E-state index contributed by atoms with van der Waals surface area (Å²) in [6, 6.07) is 6.62. The second kappa shape index (κ2) is 6.43. The first-order chi connectivity index (χ1) is 11.1. The Morgan fingerprint density at radius 3 is 2.78 bits per heavy atom. The molecule has 7 heteroatoms. The second-order valence-electron chi connectivity index (χ2n) is 5.35. The van der Waals surface area contributed by atoms with Gasteiger partial charge in [0.05, 0.1) is 12.1 Å². The third-order valence-corrected chi connectivity index (χ3v) is 3.68. The minimum Gasteiger partial charge on any atom is -0.481 e. The number of nitrogens with one attached hydrogen (secondary N) is 1. The lowest BCUT2D eigenvalue weighted by atomic mass is 9.80. The average Bonchev–Trinajstić information content (AvgIpc) is 2.51. The minimum atomic E-state index is -0.810. The number of rotatable bonds is 5. The van der Waals surface area contributed by atoms with Gasteiger partial charge in [0.1, 0.15) is 5.75 Å². The van der Waals surface area contributed by atoms with Crippen LogP contribution in [0.1, 0.15) is 23.2 Å². The number of ether oxygens (including phenoxy) is 1. The maximum absolute atomic E-state index is 12.2. The molecule has 0 unspecified atom stereocenters. The molecule has 1 amide bonds. The number of amides is 1. The van der Waals surface area contributed by atoms with Crippen LogP contribution >= 0.6 is 0 Å². The van der Waals surface area contributed by atoms with E-state index in [-0.39, 0.29) is 17.9 Å². The smallest absolute Gasteiger partial charge is 0.306 e. The van der Waals surface area contributed by atoms with E-state index in [2.05, 4.69) is 15.3 Å². The van der Waals surface area contributed by atoms with E-state index in [0.29, 0.717) is 30.0 Å². The minimum absolute atomic E-state index is 0.0897. The highest BCUT2D eigenvalue weighted by Gasteiger charge is 2.35. The Balaban J connectivity index is 1.61. The van der Waals surface area contributed by atoms with Crippen molar-refractivity contribution in [1.82, 2.24) is 15.3 Å². The molecule has 0 bridgehead atoms. The number of hydrogen-bond acceptors (Lipinski definition) is 5. The summed E-state index contributed by atoms with van der Waals surface area (Å²) in [7, 11) is 0. The van der Waals surface area contributed by atoms with E-state index in [0.717, 1.165) is 0 Å². The third-order valence-electron chi connectivity index (χ3n) is 3.68. The molecule has 1 aromatic carbocycles. The quantitative estimate of drug-likeness (QED) is 0.873. The number of aromatic nitrogens is 2. The van der Waals surface area contributed by atoms with Crippen LogP contribution in [0.3, 0.4) is 0 Å². The van der Waals surface area contributed by atoms with Gasteiger partial charge in [0.2, 0.25) is 5.88 Å².